The number of nitrogens with zero attached hydrogens (tertiary/aromatic N) is 6. The maximum Gasteiger partial charge on any atom is 0.435 e. The summed E-state index contributed by atoms with van der Waals surface area (Å²) in [6.45, 7) is -4.04. The molecular weight excluding hydrogens is 583 g/mol. The molecule has 0 radical (unpaired) electrons. The monoisotopic (exact) mass is 604 g/mol. The second-order valence-electron chi connectivity index (χ2n) is 8.64. The van der Waals surface area contributed by atoms with Crippen LogP contribution >= 0.6 is 6.72 Å². The van der Waals surface area contributed by atoms with Crippen LogP contribution in [-0.4, -0.2) is 59.3 Å². The fourth-order valence-electron chi connectivity index (χ4n) is 3.95. The summed E-state index contributed by atoms with van der Waals surface area (Å²) >= 11 is 5.60. The molecule has 1 saturated heterocycles. The number of aromatic nitrogens is 4. The molecule has 41 heavy (non-hydrogen) atoms. The number of fused-ring (bicyclic) bond motifs is 1. The summed E-state index contributed by atoms with van der Waals surface area (Å²) < 4.78 is 25.0. The van der Waals surface area contributed by atoms with E-state index in [1.807, 2.05) is 0 Å². The molecule has 17 nitrogen and oxygen atoms in total. The van der Waals surface area contributed by atoms with E-state index in [0.29, 0.717) is 11.2 Å². The highest BCUT2D eigenvalue weighted by Crippen LogP contribution is 2.51. The summed E-state index contributed by atoms with van der Waals surface area (Å²) in [4.78, 5) is 33.1. The zero-order valence-electron chi connectivity index (χ0n) is 20.7. The molecule has 2 aromatic heterocycles. The van der Waals surface area contributed by atoms with Gasteiger partial charge in [-0.3, -0.25) is 29.3 Å². The lowest BCUT2D eigenvalue weighted by Crippen LogP contribution is -2.41. The number of hydrogen-bond donors (Lipinski definition) is 3. The van der Waals surface area contributed by atoms with Gasteiger partial charge in [0.15, 0.2) is 17.7 Å². The average molecular weight is 604 g/mol. The van der Waals surface area contributed by atoms with Crippen LogP contribution < -0.4 is 20.5 Å². The van der Waals surface area contributed by atoms with Crippen LogP contribution in [0.1, 0.15) is 6.23 Å². The van der Waals surface area contributed by atoms with Crippen LogP contribution in [0.25, 0.3) is 11.2 Å². The van der Waals surface area contributed by atoms with E-state index in [2.05, 4.69) is 15.0 Å². The number of nitrogen functional groups attached to an aromatic ring is 1. The Hall–Kier alpha value is -4.32. The molecule has 0 aliphatic carbocycles. The van der Waals surface area contributed by atoms with Crippen molar-refractivity contribution >= 4 is 46.9 Å². The van der Waals surface area contributed by atoms with Gasteiger partial charge < -0.3 is 30.4 Å². The van der Waals surface area contributed by atoms with Crippen molar-refractivity contribution in [1.82, 2.24) is 19.5 Å². The molecule has 1 fully saturated rings. The minimum atomic E-state index is -3.74. The Morgan fingerprint density at radius 3 is 2.10 bits per heavy atom. The predicted octanol–water partition coefficient (Wildman–Crippen LogP) is 2.21. The number of aliphatic hydroxyl groups is 1. The minimum Gasteiger partial charge on any atom is -0.416 e. The Balaban J connectivity index is 1.36. The normalized spacial score (nSPS) is 20.6. The number of anilines is 1. The zero-order valence-corrected chi connectivity index (χ0v) is 22.4. The van der Waals surface area contributed by atoms with Gasteiger partial charge in [0.1, 0.15) is 35.6 Å². The maximum atomic E-state index is 11.0. The topological polar surface area (TPSA) is 239 Å². The van der Waals surface area contributed by atoms with Gasteiger partial charge >= 0.3 is 6.72 Å². The van der Waals surface area contributed by atoms with Crippen LogP contribution in [0.15, 0.2) is 61.2 Å². The van der Waals surface area contributed by atoms with E-state index < -0.39 is 41.0 Å². The van der Waals surface area contributed by atoms with E-state index >= 15 is 0 Å². The third kappa shape index (κ3) is 5.92. The van der Waals surface area contributed by atoms with Crippen LogP contribution in [0, 0.1) is 20.2 Å². The highest BCUT2D eigenvalue weighted by atomic mass is 32.5. The van der Waals surface area contributed by atoms with E-state index in [9.17, 15) is 25.3 Å². The molecule has 5 rings (SSSR count). The molecule has 2 aromatic carbocycles. The number of hydrogen-bond acceptors (Lipinski definition) is 15. The van der Waals surface area contributed by atoms with E-state index in [-0.39, 0.29) is 35.3 Å². The van der Waals surface area contributed by atoms with Gasteiger partial charge in [-0.05, 0) is 24.3 Å². The molecule has 0 unspecified atom stereocenters. The van der Waals surface area contributed by atoms with Crippen molar-refractivity contribution in [2.75, 3.05) is 12.3 Å². The first-order chi connectivity index (χ1) is 19.5. The number of nitrogens with two attached hydrogens (primary N) is 2. The molecule has 3 heterocycles. The van der Waals surface area contributed by atoms with Gasteiger partial charge in [-0.25, -0.2) is 15.0 Å². The van der Waals surface area contributed by atoms with Crippen LogP contribution in [0.2, 0.25) is 0 Å². The van der Waals surface area contributed by atoms with Crippen LogP contribution in [-0.2, 0) is 21.1 Å². The Kier molecular flexibility index (Phi) is 7.76. The van der Waals surface area contributed by atoms with Crippen molar-refractivity contribution in [3.05, 3.63) is 81.4 Å². The molecule has 1 aliphatic rings. The van der Waals surface area contributed by atoms with Gasteiger partial charge in [-0.15, -0.1) is 0 Å². The third-order valence-corrected chi connectivity index (χ3v) is 8.12. The summed E-state index contributed by atoms with van der Waals surface area (Å²) in [7, 11) is 0. The van der Waals surface area contributed by atoms with E-state index in [1.54, 1.807) is 0 Å². The van der Waals surface area contributed by atoms with Crippen molar-refractivity contribution in [3.8, 4) is 11.5 Å². The van der Waals surface area contributed by atoms with Crippen LogP contribution in [0.3, 0.4) is 0 Å². The van der Waals surface area contributed by atoms with Gasteiger partial charge in [0, 0.05) is 36.1 Å². The Bertz CT molecular complexity index is 1580. The Morgan fingerprint density at radius 1 is 1.00 bits per heavy atom. The summed E-state index contributed by atoms with van der Waals surface area (Å²) in [5, 5.41) is 32.9. The van der Waals surface area contributed by atoms with Crippen molar-refractivity contribution in [3.63, 3.8) is 0 Å². The van der Waals surface area contributed by atoms with E-state index in [1.165, 1.54) is 65.8 Å². The highest BCUT2D eigenvalue weighted by molar-refractivity contribution is 8.07. The standard InChI is InChI=1S/C22H21N8O9PS/c23-17-16(37-22(19(17)31)28-11-27-18-20(24)25-10-26-21(18)28)9-36-40(41,38-14-5-1-12(2-6-14)29(32)33)39-15-7-3-13(4-8-15)30(34)35/h1-8,10-11,16-17,19,22,31H,9,23H2,(H2,24,25,26)/t16-,17-,19-,22-/m1/s1. The molecule has 4 aromatic rings. The van der Waals surface area contributed by atoms with Crippen LogP contribution in [0.5, 0.6) is 11.5 Å². The number of non-ortho nitro benzene ring substituents is 2. The average Bonchev–Trinajstić information content (AvgIpc) is 3.49. The number of aliphatic hydroxyl groups excluding tert-OH is 1. The first kappa shape index (κ1) is 28.2. The maximum absolute atomic E-state index is 11.0. The number of imidazole rings is 1. The summed E-state index contributed by atoms with van der Waals surface area (Å²) in [6, 6.07) is 9.17. The van der Waals surface area contributed by atoms with Crippen molar-refractivity contribution in [1.29, 1.82) is 0 Å². The number of nitro benzene ring substituents is 2. The lowest BCUT2D eigenvalue weighted by atomic mass is 10.1. The van der Waals surface area contributed by atoms with Gasteiger partial charge in [0.25, 0.3) is 11.4 Å². The van der Waals surface area contributed by atoms with Gasteiger partial charge in [-0.2, -0.15) is 0 Å². The molecule has 0 saturated carbocycles. The quantitative estimate of drug-likeness (QED) is 0.134. The molecule has 19 heteroatoms. The number of benzene rings is 2. The second kappa shape index (κ2) is 11.3. The van der Waals surface area contributed by atoms with Crippen molar-refractivity contribution < 1.29 is 33.3 Å². The van der Waals surface area contributed by atoms with Gasteiger partial charge in [0.05, 0.1) is 28.8 Å². The fraction of sp³-hybridized carbons (Fsp3) is 0.227. The van der Waals surface area contributed by atoms with Gasteiger partial charge in [-0.1, -0.05) is 0 Å². The highest BCUT2D eigenvalue weighted by Gasteiger charge is 2.44. The summed E-state index contributed by atoms with van der Waals surface area (Å²) in [5.74, 6) is 0.369. The Morgan fingerprint density at radius 2 is 1.56 bits per heavy atom. The predicted molar refractivity (Wildman–Crippen MR) is 145 cm³/mol. The molecule has 0 amide bonds. The smallest absolute Gasteiger partial charge is 0.416 e. The fourth-order valence-corrected chi connectivity index (χ4v) is 5.88. The molecule has 1 aliphatic heterocycles. The van der Waals surface area contributed by atoms with E-state index in [4.69, 9.17) is 41.6 Å². The zero-order chi connectivity index (χ0) is 29.3. The molecule has 0 bridgehead atoms. The molecule has 0 spiro atoms. The number of ether oxygens (including phenoxy) is 1. The lowest BCUT2D eigenvalue weighted by molar-refractivity contribution is -0.385. The molecule has 4 atom stereocenters. The molecule has 5 N–H and O–H groups in total. The molecule has 214 valence electrons. The van der Waals surface area contributed by atoms with E-state index in [0.717, 1.165) is 0 Å². The summed E-state index contributed by atoms with van der Waals surface area (Å²) in [6.07, 6.45) is -0.476. The van der Waals surface area contributed by atoms with Crippen molar-refractivity contribution in [2.24, 2.45) is 5.73 Å². The van der Waals surface area contributed by atoms with Gasteiger partial charge in [0.2, 0.25) is 0 Å². The first-order valence-electron chi connectivity index (χ1n) is 11.7. The largest absolute Gasteiger partial charge is 0.435 e. The van der Waals surface area contributed by atoms with Crippen LogP contribution in [0.4, 0.5) is 17.2 Å². The number of nitro groups is 2. The summed E-state index contributed by atoms with van der Waals surface area (Å²) in [5.41, 5.74) is 12.4. The number of rotatable bonds is 10. The Labute approximate surface area is 235 Å². The SMILES string of the molecule is Nc1ncnc2c1ncn2[C@@H]1O[C@H](COP(=S)(Oc2ccc([N+](=O)[O-])cc2)Oc2ccc([N+](=O)[O-])cc2)[C@@H](N)[C@H]1O. The van der Waals surface area contributed by atoms with Crippen molar-refractivity contribution in [2.45, 2.75) is 24.5 Å². The third-order valence-electron chi connectivity index (χ3n) is 6.02. The lowest BCUT2D eigenvalue weighted by Gasteiger charge is -2.25. The minimum absolute atomic E-state index is 0.109. The second-order valence-corrected chi connectivity index (χ2v) is 11.5. The first-order valence-corrected chi connectivity index (χ1v) is 14.2. The molecular formula is C22H21N8O9PS.